The minimum Gasteiger partial charge on any atom is -0.392 e. The molecule has 110 valence electrons. The van der Waals surface area contributed by atoms with E-state index in [4.69, 9.17) is 5.11 Å². The van der Waals surface area contributed by atoms with E-state index in [0.29, 0.717) is 11.3 Å². The van der Waals surface area contributed by atoms with Gasteiger partial charge in [-0.1, -0.05) is 12.1 Å². The van der Waals surface area contributed by atoms with Crippen LogP contribution in [0.4, 0.5) is 14.5 Å². The van der Waals surface area contributed by atoms with Crippen molar-refractivity contribution in [2.45, 2.75) is 17.4 Å². The first kappa shape index (κ1) is 15.4. The minimum absolute atomic E-state index is 0.0247. The molecule has 2 aromatic rings. The van der Waals surface area contributed by atoms with Gasteiger partial charge in [0.05, 0.1) is 12.2 Å². The fraction of sp³-hybridized carbons (Fsp3) is 0.143. The third-order valence-electron chi connectivity index (χ3n) is 2.58. The first-order valence-electron chi connectivity index (χ1n) is 6.01. The summed E-state index contributed by atoms with van der Waals surface area (Å²) >= 11 is 0.226. The van der Waals surface area contributed by atoms with Gasteiger partial charge in [-0.2, -0.15) is 8.78 Å². The van der Waals surface area contributed by atoms with Gasteiger partial charge in [-0.05, 0) is 41.6 Å². The Kier molecular flexibility index (Phi) is 5.24. The predicted molar refractivity (Wildman–Crippen MR) is 76.4 cm³/mol. The number of carbonyl (C=O) groups excluding carboxylic acids is 1. The average Bonchev–Trinajstić information content (AvgIpc) is 2.47. The van der Waals surface area contributed by atoms with E-state index in [-0.39, 0.29) is 29.0 Å². The molecule has 0 aliphatic heterocycles. The summed E-state index contributed by atoms with van der Waals surface area (Å²) in [6.45, 7) is -0.150. The topological polar surface area (TPSA) is 62.2 Å². The van der Waals surface area contributed by atoms with Gasteiger partial charge in [0.25, 0.3) is 11.7 Å². The van der Waals surface area contributed by atoms with Gasteiger partial charge < -0.3 is 10.4 Å². The number of hydrogen-bond acceptors (Lipinski definition) is 4. The molecule has 4 nitrogen and oxygen atoms in total. The predicted octanol–water partition coefficient (Wildman–Crippen LogP) is 3.14. The summed E-state index contributed by atoms with van der Waals surface area (Å²) in [7, 11) is 0. The van der Waals surface area contributed by atoms with Gasteiger partial charge in [0.15, 0.2) is 0 Å². The number of benzene rings is 1. The minimum atomic E-state index is -2.65. The molecular formula is C14H12F2N2O2S. The van der Waals surface area contributed by atoms with Crippen molar-refractivity contribution in [1.82, 2.24) is 4.98 Å². The van der Waals surface area contributed by atoms with Gasteiger partial charge in [-0.15, -0.1) is 0 Å². The van der Waals surface area contributed by atoms with Crippen LogP contribution in [0.2, 0.25) is 0 Å². The highest BCUT2D eigenvalue weighted by Crippen LogP contribution is 2.26. The maximum atomic E-state index is 12.5. The largest absolute Gasteiger partial charge is 0.392 e. The second-order valence-electron chi connectivity index (χ2n) is 4.05. The lowest BCUT2D eigenvalue weighted by Crippen LogP contribution is -2.14. The number of anilines is 1. The Bertz CT molecular complexity index is 638. The quantitative estimate of drug-likeness (QED) is 0.833. The van der Waals surface area contributed by atoms with E-state index in [1.165, 1.54) is 18.3 Å². The maximum Gasteiger partial charge on any atom is 0.290 e. The Morgan fingerprint density at radius 1 is 1.33 bits per heavy atom. The fourth-order valence-electron chi connectivity index (χ4n) is 1.69. The van der Waals surface area contributed by atoms with Crippen LogP contribution in [0.3, 0.4) is 0 Å². The second kappa shape index (κ2) is 7.14. The lowest BCUT2D eigenvalue weighted by Gasteiger charge is -2.09. The maximum absolute atomic E-state index is 12.5. The molecule has 0 aliphatic rings. The number of nitrogens with one attached hydrogen (secondary N) is 1. The average molecular weight is 310 g/mol. The first-order valence-corrected chi connectivity index (χ1v) is 6.89. The SMILES string of the molecule is O=C(Nc1cccc(CO)c1)c1cccnc1SC(F)F. The summed E-state index contributed by atoms with van der Waals surface area (Å²) in [6.07, 6.45) is 1.36. The number of carbonyl (C=O) groups is 1. The summed E-state index contributed by atoms with van der Waals surface area (Å²) in [6, 6.07) is 9.58. The van der Waals surface area contributed by atoms with Crippen molar-refractivity contribution in [3.8, 4) is 0 Å². The molecule has 2 rings (SSSR count). The van der Waals surface area contributed by atoms with Crippen LogP contribution in [-0.2, 0) is 6.61 Å². The smallest absolute Gasteiger partial charge is 0.290 e. The van der Waals surface area contributed by atoms with E-state index in [1.807, 2.05) is 0 Å². The molecule has 1 aromatic heterocycles. The number of aromatic nitrogens is 1. The zero-order valence-electron chi connectivity index (χ0n) is 10.8. The zero-order chi connectivity index (χ0) is 15.2. The van der Waals surface area contributed by atoms with Crippen molar-refractivity contribution in [2.75, 3.05) is 5.32 Å². The molecule has 1 heterocycles. The third-order valence-corrected chi connectivity index (χ3v) is 3.31. The molecule has 0 saturated heterocycles. The van der Waals surface area contributed by atoms with E-state index >= 15 is 0 Å². The molecule has 2 N–H and O–H groups in total. The Morgan fingerprint density at radius 2 is 2.14 bits per heavy atom. The van der Waals surface area contributed by atoms with Crippen LogP contribution < -0.4 is 5.32 Å². The summed E-state index contributed by atoms with van der Waals surface area (Å²) in [4.78, 5) is 15.9. The van der Waals surface area contributed by atoms with Crippen LogP contribution in [0.15, 0.2) is 47.6 Å². The first-order chi connectivity index (χ1) is 10.1. The van der Waals surface area contributed by atoms with Crippen molar-refractivity contribution < 1.29 is 18.7 Å². The van der Waals surface area contributed by atoms with Crippen LogP contribution in [0.25, 0.3) is 0 Å². The fourth-order valence-corrected chi connectivity index (χ4v) is 2.27. The summed E-state index contributed by atoms with van der Waals surface area (Å²) in [5.41, 5.74) is 1.20. The molecule has 0 fully saturated rings. The zero-order valence-corrected chi connectivity index (χ0v) is 11.6. The van der Waals surface area contributed by atoms with E-state index in [2.05, 4.69) is 10.3 Å². The normalized spacial score (nSPS) is 10.7. The highest BCUT2D eigenvalue weighted by Gasteiger charge is 2.16. The molecule has 0 saturated carbocycles. The van der Waals surface area contributed by atoms with Gasteiger partial charge in [0.2, 0.25) is 0 Å². The van der Waals surface area contributed by atoms with E-state index in [0.717, 1.165) is 0 Å². The molecule has 21 heavy (non-hydrogen) atoms. The third kappa shape index (κ3) is 4.24. The van der Waals surface area contributed by atoms with Crippen molar-refractivity contribution in [3.05, 3.63) is 53.7 Å². The number of halogens is 2. The summed E-state index contributed by atoms with van der Waals surface area (Å²) < 4.78 is 24.9. The molecule has 1 aromatic carbocycles. The highest BCUT2D eigenvalue weighted by atomic mass is 32.2. The lowest BCUT2D eigenvalue weighted by molar-refractivity contribution is 0.102. The molecule has 0 radical (unpaired) electrons. The van der Waals surface area contributed by atoms with Gasteiger partial charge in [0.1, 0.15) is 5.03 Å². The second-order valence-corrected chi connectivity index (χ2v) is 5.03. The van der Waals surface area contributed by atoms with E-state index in [1.54, 1.807) is 24.3 Å². The monoisotopic (exact) mass is 310 g/mol. The van der Waals surface area contributed by atoms with Gasteiger partial charge in [-0.25, -0.2) is 4.98 Å². The Morgan fingerprint density at radius 3 is 2.86 bits per heavy atom. The summed E-state index contributed by atoms with van der Waals surface area (Å²) in [5.74, 6) is -3.18. The molecule has 1 amide bonds. The number of aliphatic hydroxyl groups excluding tert-OH is 1. The molecular weight excluding hydrogens is 298 g/mol. The molecule has 0 spiro atoms. The van der Waals surface area contributed by atoms with Crippen LogP contribution in [0, 0.1) is 0 Å². The highest BCUT2D eigenvalue weighted by molar-refractivity contribution is 7.99. The van der Waals surface area contributed by atoms with Crippen LogP contribution in [0.5, 0.6) is 0 Å². The van der Waals surface area contributed by atoms with Gasteiger partial charge in [0, 0.05) is 11.9 Å². The number of aliphatic hydroxyl groups is 1. The van der Waals surface area contributed by atoms with Crippen molar-refractivity contribution >= 4 is 23.4 Å². The number of hydrogen-bond donors (Lipinski definition) is 2. The Balaban J connectivity index is 2.20. The van der Waals surface area contributed by atoms with Crippen LogP contribution >= 0.6 is 11.8 Å². The number of nitrogens with zero attached hydrogens (tertiary/aromatic N) is 1. The number of alkyl halides is 2. The molecule has 0 unspecified atom stereocenters. The number of thioether (sulfide) groups is 1. The molecule has 0 aliphatic carbocycles. The van der Waals surface area contributed by atoms with Crippen molar-refractivity contribution in [1.29, 1.82) is 0 Å². The van der Waals surface area contributed by atoms with Crippen molar-refractivity contribution in [3.63, 3.8) is 0 Å². The molecule has 0 atom stereocenters. The van der Waals surface area contributed by atoms with Crippen molar-refractivity contribution in [2.24, 2.45) is 0 Å². The Hall–Kier alpha value is -1.99. The van der Waals surface area contributed by atoms with E-state index in [9.17, 15) is 13.6 Å². The Labute approximate surface area is 124 Å². The van der Waals surface area contributed by atoms with Gasteiger partial charge in [-0.3, -0.25) is 4.79 Å². The number of rotatable bonds is 5. The number of amides is 1. The number of pyridine rings is 1. The van der Waals surface area contributed by atoms with E-state index < -0.39 is 11.7 Å². The summed E-state index contributed by atoms with van der Waals surface area (Å²) in [5, 5.41) is 11.6. The molecule has 0 bridgehead atoms. The van der Waals surface area contributed by atoms with Crippen LogP contribution in [0.1, 0.15) is 15.9 Å². The standard InChI is InChI=1S/C14H12F2N2O2S/c15-14(16)21-13-11(5-2-6-17-13)12(20)18-10-4-1-3-9(7-10)8-19/h1-7,14,19H,8H2,(H,18,20). The van der Waals surface area contributed by atoms with Gasteiger partial charge >= 0.3 is 0 Å². The lowest BCUT2D eigenvalue weighted by atomic mass is 10.2. The van der Waals surface area contributed by atoms with Crippen LogP contribution in [-0.4, -0.2) is 21.8 Å². The molecule has 7 heteroatoms.